The molecule has 1 heterocycles. The Labute approximate surface area is 158 Å². The summed E-state index contributed by atoms with van der Waals surface area (Å²) in [7, 11) is -3.52. The number of benzene rings is 2. The zero-order valence-electron chi connectivity index (χ0n) is 12.4. The van der Waals surface area contributed by atoms with E-state index >= 15 is 0 Å². The fourth-order valence-corrected chi connectivity index (χ4v) is 4.55. The summed E-state index contributed by atoms with van der Waals surface area (Å²) in [5.41, 5.74) is 1.06. The average molecular weight is 443 g/mol. The molecule has 0 aliphatic carbocycles. The fourth-order valence-electron chi connectivity index (χ4n) is 2.11. The lowest BCUT2D eigenvalue weighted by Gasteiger charge is -2.05. The zero-order chi connectivity index (χ0) is 17.2. The van der Waals surface area contributed by atoms with Crippen molar-refractivity contribution in [1.29, 1.82) is 0 Å². The summed E-state index contributed by atoms with van der Waals surface area (Å²) in [6, 6.07) is 18.0. The fraction of sp³-hybridized carbons (Fsp3) is 0.0588. The number of rotatable bonds is 5. The van der Waals surface area contributed by atoms with Gasteiger partial charge in [-0.2, -0.15) is 0 Å². The Bertz CT molecular complexity index is 935. The summed E-state index contributed by atoms with van der Waals surface area (Å²) in [5.74, 6) is 0. The molecule has 0 spiro atoms. The molecule has 0 saturated heterocycles. The number of hydrogen-bond acceptors (Lipinski definition) is 3. The molecule has 124 valence electrons. The predicted molar refractivity (Wildman–Crippen MR) is 103 cm³/mol. The summed E-state index contributed by atoms with van der Waals surface area (Å²) in [6.45, 7) is 0.261. The van der Waals surface area contributed by atoms with Crippen LogP contribution < -0.4 is 4.72 Å². The Morgan fingerprint density at radius 2 is 1.62 bits per heavy atom. The largest absolute Gasteiger partial charge is 0.240 e. The standard InChI is InChI=1S/C17H13BrClNO2S2/c18-13-3-8-16(9-4-13)24(21,22)20-11-15-7-10-17(23-15)12-1-5-14(19)6-2-12/h1-10,20H,11H2. The van der Waals surface area contributed by atoms with Gasteiger partial charge in [0.05, 0.1) is 4.90 Å². The molecule has 0 bridgehead atoms. The second-order valence-electron chi connectivity index (χ2n) is 5.05. The third kappa shape index (κ3) is 4.26. The van der Waals surface area contributed by atoms with E-state index in [0.29, 0.717) is 5.02 Å². The van der Waals surface area contributed by atoms with E-state index < -0.39 is 10.0 Å². The first-order valence-corrected chi connectivity index (χ1v) is 10.5. The Balaban J connectivity index is 1.71. The Kier molecular flexibility index (Phi) is 5.42. The van der Waals surface area contributed by atoms with Crippen molar-refractivity contribution in [2.45, 2.75) is 11.4 Å². The van der Waals surface area contributed by atoms with Gasteiger partial charge in [0.15, 0.2) is 0 Å². The Hall–Kier alpha value is -1.18. The quantitative estimate of drug-likeness (QED) is 0.582. The highest BCUT2D eigenvalue weighted by Gasteiger charge is 2.14. The first kappa shape index (κ1) is 17.6. The van der Waals surface area contributed by atoms with E-state index in [4.69, 9.17) is 11.6 Å². The number of nitrogens with one attached hydrogen (secondary N) is 1. The van der Waals surface area contributed by atoms with Crippen molar-refractivity contribution >= 4 is 48.9 Å². The van der Waals surface area contributed by atoms with Crippen LogP contribution in [0.15, 0.2) is 70.0 Å². The molecule has 7 heteroatoms. The van der Waals surface area contributed by atoms with Gasteiger partial charge in [0, 0.05) is 25.8 Å². The molecule has 0 saturated carbocycles. The summed E-state index contributed by atoms with van der Waals surface area (Å²) in [6.07, 6.45) is 0. The van der Waals surface area contributed by atoms with Gasteiger partial charge in [-0.25, -0.2) is 13.1 Å². The minimum Gasteiger partial charge on any atom is -0.207 e. The first-order valence-electron chi connectivity index (χ1n) is 7.04. The van der Waals surface area contributed by atoms with E-state index in [9.17, 15) is 8.42 Å². The number of halogens is 2. The molecule has 3 nitrogen and oxygen atoms in total. The van der Waals surface area contributed by atoms with Crippen molar-refractivity contribution in [3.63, 3.8) is 0 Å². The zero-order valence-corrected chi connectivity index (χ0v) is 16.3. The van der Waals surface area contributed by atoms with Crippen LogP contribution in [0.3, 0.4) is 0 Å². The molecule has 0 aliphatic heterocycles. The van der Waals surface area contributed by atoms with Gasteiger partial charge < -0.3 is 0 Å². The minimum absolute atomic E-state index is 0.250. The van der Waals surface area contributed by atoms with Crippen LogP contribution in [0.2, 0.25) is 5.02 Å². The molecule has 0 fully saturated rings. The molecule has 0 atom stereocenters. The second kappa shape index (κ2) is 7.37. The average Bonchev–Trinajstić information content (AvgIpc) is 3.03. The molecule has 24 heavy (non-hydrogen) atoms. The van der Waals surface area contributed by atoms with E-state index in [1.807, 2.05) is 36.4 Å². The lowest BCUT2D eigenvalue weighted by molar-refractivity contribution is 0.582. The molecule has 0 amide bonds. The number of sulfonamides is 1. The van der Waals surface area contributed by atoms with Crippen molar-refractivity contribution in [3.8, 4) is 10.4 Å². The van der Waals surface area contributed by atoms with E-state index in [1.165, 1.54) is 0 Å². The van der Waals surface area contributed by atoms with Crippen molar-refractivity contribution in [1.82, 2.24) is 4.72 Å². The third-order valence-electron chi connectivity index (χ3n) is 3.35. The van der Waals surface area contributed by atoms with Gasteiger partial charge in [-0.05, 0) is 54.1 Å². The topological polar surface area (TPSA) is 46.2 Å². The van der Waals surface area contributed by atoms with Crippen LogP contribution >= 0.6 is 38.9 Å². The van der Waals surface area contributed by atoms with Crippen LogP contribution in [-0.4, -0.2) is 8.42 Å². The predicted octanol–water partition coefficient (Wildman–Crippen LogP) is 5.31. The Morgan fingerprint density at radius 3 is 2.29 bits per heavy atom. The molecular formula is C17H13BrClNO2S2. The molecule has 1 N–H and O–H groups in total. The van der Waals surface area contributed by atoms with Gasteiger partial charge in [-0.3, -0.25) is 0 Å². The summed E-state index contributed by atoms with van der Waals surface area (Å²) >= 11 is 10.7. The molecule has 2 aromatic carbocycles. The van der Waals surface area contributed by atoms with Crippen molar-refractivity contribution in [2.75, 3.05) is 0 Å². The summed E-state index contributed by atoms with van der Waals surface area (Å²) in [4.78, 5) is 2.27. The van der Waals surface area contributed by atoms with Gasteiger partial charge in [0.2, 0.25) is 10.0 Å². The smallest absolute Gasteiger partial charge is 0.207 e. The van der Waals surface area contributed by atoms with Gasteiger partial charge in [0.1, 0.15) is 0 Å². The summed E-state index contributed by atoms with van der Waals surface area (Å²) in [5, 5.41) is 0.692. The lowest BCUT2D eigenvalue weighted by atomic mass is 10.2. The maximum atomic E-state index is 12.3. The van der Waals surface area contributed by atoms with Crippen molar-refractivity contribution in [2.24, 2.45) is 0 Å². The molecule has 0 unspecified atom stereocenters. The molecule has 0 radical (unpaired) electrons. The second-order valence-corrected chi connectivity index (χ2v) is 9.34. The first-order chi connectivity index (χ1) is 11.4. The van der Waals surface area contributed by atoms with E-state index in [0.717, 1.165) is 19.8 Å². The monoisotopic (exact) mass is 441 g/mol. The maximum Gasteiger partial charge on any atom is 0.240 e. The van der Waals surface area contributed by atoms with E-state index in [1.54, 1.807) is 35.6 Å². The highest BCUT2D eigenvalue weighted by atomic mass is 79.9. The molecule has 3 rings (SSSR count). The number of hydrogen-bond donors (Lipinski definition) is 1. The maximum absolute atomic E-state index is 12.3. The van der Waals surface area contributed by atoms with Gasteiger partial charge in [-0.1, -0.05) is 39.7 Å². The highest BCUT2D eigenvalue weighted by molar-refractivity contribution is 9.10. The Morgan fingerprint density at radius 1 is 0.958 bits per heavy atom. The number of thiophene rings is 1. The molecule has 1 aromatic heterocycles. The van der Waals surface area contributed by atoms with Gasteiger partial charge >= 0.3 is 0 Å². The normalized spacial score (nSPS) is 11.6. The van der Waals surface area contributed by atoms with Crippen LogP contribution in [0.5, 0.6) is 0 Å². The minimum atomic E-state index is -3.52. The molecule has 3 aromatic rings. The van der Waals surface area contributed by atoms with Crippen LogP contribution in [0.4, 0.5) is 0 Å². The van der Waals surface area contributed by atoms with Crippen LogP contribution in [0.1, 0.15) is 4.88 Å². The highest BCUT2D eigenvalue weighted by Crippen LogP contribution is 2.29. The summed E-state index contributed by atoms with van der Waals surface area (Å²) < 4.78 is 28.1. The third-order valence-corrected chi connectivity index (χ3v) is 6.68. The van der Waals surface area contributed by atoms with Crippen LogP contribution in [0, 0.1) is 0 Å². The van der Waals surface area contributed by atoms with E-state index in [-0.39, 0.29) is 11.4 Å². The van der Waals surface area contributed by atoms with Crippen LogP contribution in [0.25, 0.3) is 10.4 Å². The van der Waals surface area contributed by atoms with Gasteiger partial charge in [0.25, 0.3) is 0 Å². The lowest BCUT2D eigenvalue weighted by Crippen LogP contribution is -2.22. The molecular weight excluding hydrogens is 430 g/mol. The van der Waals surface area contributed by atoms with Crippen molar-refractivity contribution < 1.29 is 8.42 Å². The van der Waals surface area contributed by atoms with Gasteiger partial charge in [-0.15, -0.1) is 11.3 Å². The SMILES string of the molecule is O=S(=O)(NCc1ccc(-c2ccc(Cl)cc2)s1)c1ccc(Br)cc1. The van der Waals surface area contributed by atoms with Crippen molar-refractivity contribution in [3.05, 3.63) is 75.0 Å². The van der Waals surface area contributed by atoms with Crippen LogP contribution in [-0.2, 0) is 16.6 Å². The van der Waals surface area contributed by atoms with E-state index in [2.05, 4.69) is 20.7 Å². The molecule has 0 aliphatic rings.